The molecule has 1 unspecified atom stereocenters. The van der Waals surface area contributed by atoms with Crippen LogP contribution in [0.2, 0.25) is 5.02 Å². The van der Waals surface area contributed by atoms with E-state index in [1.807, 2.05) is 43.4 Å². The Labute approximate surface area is 128 Å². The Kier molecular flexibility index (Phi) is 5.46. The second-order valence-corrected chi connectivity index (χ2v) is 6.14. The molecule has 0 aromatic heterocycles. The summed E-state index contributed by atoms with van der Waals surface area (Å²) in [5.41, 5.74) is 1.64. The number of nitrogens with one attached hydrogen (secondary N) is 1. The molecule has 0 fully saturated rings. The molecule has 0 aliphatic rings. The topological polar surface area (TPSA) is 12.0 Å². The molecule has 4 heteroatoms. The van der Waals surface area contributed by atoms with Crippen molar-refractivity contribution in [3.8, 4) is 0 Å². The van der Waals surface area contributed by atoms with Gasteiger partial charge in [-0.05, 0) is 55.4 Å². The van der Waals surface area contributed by atoms with Gasteiger partial charge >= 0.3 is 0 Å². The van der Waals surface area contributed by atoms with Gasteiger partial charge in [0.1, 0.15) is 5.82 Å². The van der Waals surface area contributed by atoms with Crippen LogP contribution in [0.25, 0.3) is 0 Å². The van der Waals surface area contributed by atoms with Crippen LogP contribution in [0.3, 0.4) is 0 Å². The second kappa shape index (κ2) is 7.11. The molecule has 0 spiro atoms. The molecule has 0 aliphatic heterocycles. The van der Waals surface area contributed by atoms with Gasteiger partial charge in [-0.25, -0.2) is 4.39 Å². The predicted octanol–water partition coefficient (Wildman–Crippen LogP) is 4.84. The lowest BCUT2D eigenvalue weighted by Gasteiger charge is -2.17. The van der Waals surface area contributed by atoms with E-state index in [9.17, 15) is 4.39 Å². The van der Waals surface area contributed by atoms with Gasteiger partial charge in [-0.3, -0.25) is 0 Å². The van der Waals surface area contributed by atoms with E-state index in [1.165, 1.54) is 0 Å². The first kappa shape index (κ1) is 15.4. The first-order chi connectivity index (χ1) is 9.60. The minimum absolute atomic E-state index is 0.116. The molecule has 0 bridgehead atoms. The first-order valence-electron chi connectivity index (χ1n) is 6.42. The lowest BCUT2D eigenvalue weighted by molar-refractivity contribution is 0.603. The lowest BCUT2D eigenvalue weighted by atomic mass is 10.1. The average Bonchev–Trinajstić information content (AvgIpc) is 2.45. The van der Waals surface area contributed by atoms with Crippen LogP contribution in [0.5, 0.6) is 0 Å². The minimum Gasteiger partial charge on any atom is -0.312 e. The summed E-state index contributed by atoms with van der Waals surface area (Å²) in [5.74, 6) is 0.680. The summed E-state index contributed by atoms with van der Waals surface area (Å²) in [6.45, 7) is 1.77. The zero-order valence-electron chi connectivity index (χ0n) is 11.5. The highest BCUT2D eigenvalue weighted by Gasteiger charge is 2.11. The molecule has 2 aromatic carbocycles. The van der Waals surface area contributed by atoms with E-state index >= 15 is 0 Å². The summed E-state index contributed by atoms with van der Waals surface area (Å²) in [5, 5.41) is 3.97. The van der Waals surface area contributed by atoms with Crippen LogP contribution >= 0.6 is 23.4 Å². The van der Waals surface area contributed by atoms with Crippen molar-refractivity contribution in [2.45, 2.75) is 17.9 Å². The summed E-state index contributed by atoms with van der Waals surface area (Å²) in [6, 6.07) is 13.3. The molecule has 0 saturated heterocycles. The second-order valence-electron chi connectivity index (χ2n) is 4.61. The van der Waals surface area contributed by atoms with Crippen LogP contribution in [0.4, 0.5) is 4.39 Å². The van der Waals surface area contributed by atoms with Gasteiger partial charge in [-0.1, -0.05) is 23.7 Å². The first-order valence-corrected chi connectivity index (χ1v) is 7.78. The number of hydrogen-bond acceptors (Lipinski definition) is 2. The van der Waals surface area contributed by atoms with Crippen LogP contribution in [0.1, 0.15) is 17.2 Å². The van der Waals surface area contributed by atoms with Crippen molar-refractivity contribution < 1.29 is 4.39 Å². The average molecular weight is 310 g/mol. The van der Waals surface area contributed by atoms with Gasteiger partial charge in [0, 0.05) is 21.7 Å². The van der Waals surface area contributed by atoms with Gasteiger partial charge < -0.3 is 5.32 Å². The van der Waals surface area contributed by atoms with Crippen molar-refractivity contribution in [3.05, 3.63) is 64.4 Å². The van der Waals surface area contributed by atoms with E-state index in [2.05, 4.69) is 5.32 Å². The third kappa shape index (κ3) is 3.98. The zero-order valence-corrected chi connectivity index (χ0v) is 13.1. The smallest absolute Gasteiger partial charge is 0.126 e. The lowest BCUT2D eigenvalue weighted by Crippen LogP contribution is -2.18. The number of aryl methyl sites for hydroxylation is 1. The van der Waals surface area contributed by atoms with Crippen LogP contribution in [0.15, 0.2) is 47.4 Å². The molecule has 1 atom stereocenters. The Balaban J connectivity index is 2.05. The van der Waals surface area contributed by atoms with Crippen molar-refractivity contribution in [2.24, 2.45) is 0 Å². The Morgan fingerprint density at radius 1 is 1.20 bits per heavy atom. The van der Waals surface area contributed by atoms with Gasteiger partial charge in [0.15, 0.2) is 0 Å². The van der Waals surface area contributed by atoms with Crippen molar-refractivity contribution in [3.63, 3.8) is 0 Å². The molecule has 106 valence electrons. The van der Waals surface area contributed by atoms with Gasteiger partial charge in [-0.15, -0.1) is 11.8 Å². The van der Waals surface area contributed by atoms with Gasteiger partial charge in [0.25, 0.3) is 0 Å². The summed E-state index contributed by atoms with van der Waals surface area (Å²) < 4.78 is 13.6. The van der Waals surface area contributed by atoms with Gasteiger partial charge in [0.05, 0.1) is 0 Å². The molecule has 0 amide bonds. The highest BCUT2D eigenvalue weighted by molar-refractivity contribution is 7.99. The Bertz CT molecular complexity index is 571. The van der Waals surface area contributed by atoms with E-state index in [4.69, 9.17) is 11.6 Å². The quantitative estimate of drug-likeness (QED) is 0.793. The van der Waals surface area contributed by atoms with Crippen LogP contribution in [-0.2, 0) is 0 Å². The van der Waals surface area contributed by atoms with E-state index in [0.29, 0.717) is 5.56 Å². The standard InChI is InChI=1S/C16H17ClFNS/c1-11-3-4-12(9-15(11)18)16(19-2)10-20-14-7-5-13(17)6-8-14/h3-9,16,19H,10H2,1-2H3. The number of halogens is 2. The molecule has 0 radical (unpaired) electrons. The van der Waals surface area contributed by atoms with Crippen molar-refractivity contribution in [2.75, 3.05) is 12.8 Å². The maximum atomic E-state index is 13.6. The molecule has 1 nitrogen and oxygen atoms in total. The fourth-order valence-corrected chi connectivity index (χ4v) is 3.06. The maximum Gasteiger partial charge on any atom is 0.126 e. The summed E-state index contributed by atoms with van der Waals surface area (Å²) in [6.07, 6.45) is 0. The highest BCUT2D eigenvalue weighted by Crippen LogP contribution is 2.26. The predicted molar refractivity (Wildman–Crippen MR) is 85.1 cm³/mol. The van der Waals surface area contributed by atoms with Crippen molar-refractivity contribution >= 4 is 23.4 Å². The Hall–Kier alpha value is -1.03. The molecule has 20 heavy (non-hydrogen) atoms. The van der Waals surface area contributed by atoms with Crippen LogP contribution < -0.4 is 5.32 Å². The molecule has 0 heterocycles. The molecule has 0 aliphatic carbocycles. The van der Waals surface area contributed by atoms with Crippen LogP contribution in [-0.4, -0.2) is 12.8 Å². The van der Waals surface area contributed by atoms with Gasteiger partial charge in [-0.2, -0.15) is 0 Å². The van der Waals surface area contributed by atoms with Gasteiger partial charge in [0.2, 0.25) is 0 Å². The monoisotopic (exact) mass is 309 g/mol. The normalized spacial score (nSPS) is 12.4. The number of rotatable bonds is 5. The Morgan fingerprint density at radius 2 is 1.90 bits per heavy atom. The highest BCUT2D eigenvalue weighted by atomic mass is 35.5. The van der Waals surface area contributed by atoms with E-state index in [-0.39, 0.29) is 11.9 Å². The van der Waals surface area contributed by atoms with E-state index in [1.54, 1.807) is 24.8 Å². The van der Waals surface area contributed by atoms with Crippen LogP contribution in [0, 0.1) is 12.7 Å². The third-order valence-corrected chi connectivity index (χ3v) is 4.53. The SMILES string of the molecule is CNC(CSc1ccc(Cl)cc1)c1ccc(C)c(F)c1. The zero-order chi connectivity index (χ0) is 14.5. The molecule has 2 rings (SSSR count). The summed E-state index contributed by atoms with van der Waals surface area (Å²) in [7, 11) is 1.89. The van der Waals surface area contributed by atoms with Crippen molar-refractivity contribution in [1.29, 1.82) is 0 Å². The number of benzene rings is 2. The Morgan fingerprint density at radius 3 is 2.50 bits per heavy atom. The molecule has 1 N–H and O–H groups in total. The number of thioether (sulfide) groups is 1. The largest absolute Gasteiger partial charge is 0.312 e. The van der Waals surface area contributed by atoms with E-state index < -0.39 is 0 Å². The molecule has 2 aromatic rings. The molecular weight excluding hydrogens is 293 g/mol. The molecular formula is C16H17ClFNS. The minimum atomic E-state index is -0.153. The molecule has 0 saturated carbocycles. The van der Waals surface area contributed by atoms with Crippen molar-refractivity contribution in [1.82, 2.24) is 5.32 Å². The fraction of sp³-hybridized carbons (Fsp3) is 0.250. The number of hydrogen-bond donors (Lipinski definition) is 1. The third-order valence-electron chi connectivity index (χ3n) is 3.18. The maximum absolute atomic E-state index is 13.6. The summed E-state index contributed by atoms with van der Waals surface area (Å²) in [4.78, 5) is 1.15. The van der Waals surface area contributed by atoms with E-state index in [0.717, 1.165) is 21.2 Å². The summed E-state index contributed by atoms with van der Waals surface area (Å²) >= 11 is 7.59. The fourth-order valence-electron chi connectivity index (χ4n) is 1.88.